The van der Waals surface area contributed by atoms with Crippen LogP contribution in [0, 0.1) is 5.82 Å². The summed E-state index contributed by atoms with van der Waals surface area (Å²) in [5.74, 6) is -0.369. The number of hydrogen-bond acceptors (Lipinski definition) is 6. The molecule has 174 valence electrons. The second kappa shape index (κ2) is 10.1. The van der Waals surface area contributed by atoms with E-state index in [1.165, 1.54) is 12.1 Å². The molecule has 2 heterocycles. The van der Waals surface area contributed by atoms with Gasteiger partial charge in [-0.3, -0.25) is 0 Å². The van der Waals surface area contributed by atoms with Crippen LogP contribution in [-0.4, -0.2) is 23.3 Å². The fraction of sp³-hybridized carbons (Fsp3) is 0.107. The number of benzene rings is 3. The normalized spacial score (nSPS) is 11.1. The number of para-hydroxylation sites is 2. The van der Waals surface area contributed by atoms with Crippen molar-refractivity contribution in [2.45, 2.75) is 11.3 Å². The Kier molecular flexibility index (Phi) is 6.59. The Bertz CT molecular complexity index is 1600. The quantitative estimate of drug-likeness (QED) is 0.114. The van der Waals surface area contributed by atoms with Crippen LogP contribution in [0.3, 0.4) is 0 Å². The van der Waals surface area contributed by atoms with Crippen molar-refractivity contribution >= 4 is 39.6 Å². The average molecular weight is 486 g/mol. The average Bonchev–Trinajstić information content (AvgIpc) is 2.88. The highest BCUT2D eigenvalue weighted by molar-refractivity contribution is 7.99. The van der Waals surface area contributed by atoms with Crippen LogP contribution in [0.2, 0.25) is 0 Å². The van der Waals surface area contributed by atoms with Gasteiger partial charge in [0, 0.05) is 27.0 Å². The van der Waals surface area contributed by atoms with Gasteiger partial charge in [0.25, 0.3) is 0 Å². The van der Waals surface area contributed by atoms with Gasteiger partial charge < -0.3 is 9.15 Å². The predicted molar refractivity (Wildman–Crippen MR) is 135 cm³/mol. The van der Waals surface area contributed by atoms with Crippen LogP contribution in [0.25, 0.3) is 33.1 Å². The number of pyridine rings is 1. The Morgan fingerprint density at radius 3 is 2.63 bits per heavy atom. The van der Waals surface area contributed by atoms with E-state index in [-0.39, 0.29) is 18.0 Å². The Morgan fingerprint density at radius 2 is 1.74 bits per heavy atom. The van der Waals surface area contributed by atoms with Crippen LogP contribution in [0.5, 0.6) is 0 Å². The molecule has 5 rings (SSSR count). The van der Waals surface area contributed by atoms with Crippen LogP contribution < -0.4 is 5.63 Å². The highest BCUT2D eigenvalue weighted by Gasteiger charge is 2.15. The molecule has 3 aromatic carbocycles. The van der Waals surface area contributed by atoms with Gasteiger partial charge in [0.05, 0.1) is 17.8 Å². The summed E-state index contributed by atoms with van der Waals surface area (Å²) in [6.07, 6.45) is 0.570. The molecule has 0 fully saturated rings. The maximum Gasteiger partial charge on any atom is 0.351 e. The summed E-state index contributed by atoms with van der Waals surface area (Å²) in [5.41, 5.74) is 1.38. The van der Waals surface area contributed by atoms with Gasteiger partial charge in [-0.15, -0.1) is 11.8 Å². The lowest BCUT2D eigenvalue weighted by atomic mass is 10.1. The zero-order chi connectivity index (χ0) is 24.2. The molecule has 0 N–H and O–H groups in total. The summed E-state index contributed by atoms with van der Waals surface area (Å²) in [5, 5.41) is 1.63. The molecule has 0 saturated heterocycles. The second-order valence-corrected chi connectivity index (χ2v) is 8.96. The van der Waals surface area contributed by atoms with Crippen molar-refractivity contribution < 1.29 is 18.3 Å². The fourth-order valence-corrected chi connectivity index (χ4v) is 4.76. The first-order valence-electron chi connectivity index (χ1n) is 11.1. The molecule has 35 heavy (non-hydrogen) atoms. The minimum Gasteiger partial charge on any atom is -0.462 e. The van der Waals surface area contributed by atoms with Gasteiger partial charge in [-0.1, -0.05) is 48.5 Å². The van der Waals surface area contributed by atoms with Gasteiger partial charge in [0.15, 0.2) is 0 Å². The third-order valence-electron chi connectivity index (χ3n) is 5.47. The van der Waals surface area contributed by atoms with Crippen molar-refractivity contribution in [3.05, 3.63) is 107 Å². The van der Waals surface area contributed by atoms with Crippen LogP contribution in [0.4, 0.5) is 4.39 Å². The van der Waals surface area contributed by atoms with Gasteiger partial charge in [-0.05, 0) is 42.8 Å². The molecule has 7 heteroatoms. The Morgan fingerprint density at radius 1 is 0.971 bits per heavy atom. The smallest absolute Gasteiger partial charge is 0.351 e. The Hall–Kier alpha value is -3.97. The lowest BCUT2D eigenvalue weighted by molar-refractivity contribution is 0.0501. The van der Waals surface area contributed by atoms with Gasteiger partial charge >= 0.3 is 11.6 Å². The monoisotopic (exact) mass is 485 g/mol. The number of hydrogen-bond donors (Lipinski definition) is 0. The molecule has 0 aliphatic carbocycles. The van der Waals surface area contributed by atoms with E-state index >= 15 is 0 Å². The molecule has 2 aromatic heterocycles. The summed E-state index contributed by atoms with van der Waals surface area (Å²) < 4.78 is 24.9. The maximum absolute atomic E-state index is 14.4. The third kappa shape index (κ3) is 4.95. The van der Waals surface area contributed by atoms with Crippen LogP contribution >= 0.6 is 11.8 Å². The molecule has 5 aromatic rings. The number of thioether (sulfide) groups is 1. The van der Waals surface area contributed by atoms with E-state index in [0.29, 0.717) is 34.4 Å². The van der Waals surface area contributed by atoms with Gasteiger partial charge in [0.2, 0.25) is 0 Å². The fourth-order valence-electron chi connectivity index (χ4n) is 3.76. The molecule has 0 aliphatic rings. The Balaban J connectivity index is 1.26. The summed E-state index contributed by atoms with van der Waals surface area (Å²) in [4.78, 5) is 30.2. The minimum absolute atomic E-state index is 0.119. The number of ether oxygens (including phenoxy) is 1. The zero-order valence-electron chi connectivity index (χ0n) is 18.6. The van der Waals surface area contributed by atoms with Crippen LogP contribution in [-0.2, 0) is 4.74 Å². The van der Waals surface area contributed by atoms with Crippen molar-refractivity contribution in [2.75, 3.05) is 12.4 Å². The van der Waals surface area contributed by atoms with Gasteiger partial charge in [-0.25, -0.2) is 19.0 Å². The molecular weight excluding hydrogens is 465 g/mol. The molecular formula is C28H20FNO4S. The molecule has 0 bridgehead atoms. The number of aromatic nitrogens is 1. The van der Waals surface area contributed by atoms with E-state index in [2.05, 4.69) is 4.98 Å². The standard InChI is InChI=1S/C28H20FNO4S/c29-22-11-4-2-9-19(22)24-17-26(20-10-3-5-12-23(20)30-24)35-15-7-14-33-27(31)21-16-18-8-1-6-13-25(18)34-28(21)32/h1-6,8-13,16-17H,7,14-15H2. The van der Waals surface area contributed by atoms with Crippen LogP contribution in [0.15, 0.2) is 99.0 Å². The SMILES string of the molecule is O=C(OCCCSc1cc(-c2ccccc2F)nc2ccccc12)c1cc2ccccc2oc1=O. The summed E-state index contributed by atoms with van der Waals surface area (Å²) >= 11 is 1.58. The molecule has 0 aliphatic heterocycles. The molecule has 0 amide bonds. The molecule has 0 saturated carbocycles. The van der Waals surface area contributed by atoms with Crippen molar-refractivity contribution in [2.24, 2.45) is 0 Å². The number of nitrogens with zero attached hydrogens (tertiary/aromatic N) is 1. The number of rotatable bonds is 7. The third-order valence-corrected chi connectivity index (χ3v) is 6.61. The first-order chi connectivity index (χ1) is 17.1. The van der Waals surface area contributed by atoms with E-state index in [9.17, 15) is 14.0 Å². The number of fused-ring (bicyclic) bond motifs is 2. The molecule has 0 radical (unpaired) electrons. The summed E-state index contributed by atoms with van der Waals surface area (Å²) in [7, 11) is 0. The van der Waals surface area contributed by atoms with Crippen molar-refractivity contribution in [1.82, 2.24) is 4.98 Å². The van der Waals surface area contributed by atoms with Crippen molar-refractivity contribution in [3.8, 4) is 11.3 Å². The van der Waals surface area contributed by atoms with Crippen LogP contribution in [0.1, 0.15) is 16.8 Å². The summed E-state index contributed by atoms with van der Waals surface area (Å²) in [6, 6.07) is 24.7. The molecule has 0 unspecified atom stereocenters. The first-order valence-corrected chi connectivity index (χ1v) is 12.1. The van der Waals surface area contributed by atoms with E-state index in [1.807, 2.05) is 30.3 Å². The van der Waals surface area contributed by atoms with E-state index in [0.717, 1.165) is 15.8 Å². The summed E-state index contributed by atoms with van der Waals surface area (Å²) in [6.45, 7) is 0.154. The zero-order valence-corrected chi connectivity index (χ0v) is 19.4. The number of carbonyl (C=O) groups is 1. The lowest BCUT2D eigenvalue weighted by Crippen LogP contribution is -2.17. The van der Waals surface area contributed by atoms with Crippen molar-refractivity contribution in [3.63, 3.8) is 0 Å². The second-order valence-electron chi connectivity index (χ2n) is 7.83. The molecule has 0 atom stereocenters. The van der Waals surface area contributed by atoms with E-state index < -0.39 is 11.6 Å². The highest BCUT2D eigenvalue weighted by Crippen LogP contribution is 2.32. The Labute approximate surface area is 204 Å². The topological polar surface area (TPSA) is 69.4 Å². The van der Waals surface area contributed by atoms with E-state index in [1.54, 1.807) is 54.2 Å². The molecule has 0 spiro atoms. The predicted octanol–water partition coefficient (Wildman–Crippen LogP) is 6.49. The van der Waals surface area contributed by atoms with Gasteiger partial charge in [-0.2, -0.15) is 0 Å². The van der Waals surface area contributed by atoms with E-state index in [4.69, 9.17) is 9.15 Å². The van der Waals surface area contributed by atoms with Gasteiger partial charge in [0.1, 0.15) is 17.0 Å². The number of halogens is 1. The molecule has 5 nitrogen and oxygen atoms in total. The van der Waals surface area contributed by atoms with Crippen molar-refractivity contribution in [1.29, 1.82) is 0 Å². The first kappa shape index (κ1) is 22.8. The minimum atomic E-state index is -0.716. The lowest BCUT2D eigenvalue weighted by Gasteiger charge is -2.10. The highest BCUT2D eigenvalue weighted by atomic mass is 32.2. The maximum atomic E-state index is 14.4. The largest absolute Gasteiger partial charge is 0.462 e. The number of carbonyl (C=O) groups excluding carboxylic acids is 1. The number of esters is 1.